The third-order valence-electron chi connectivity index (χ3n) is 4.35. The second kappa shape index (κ2) is 6.68. The van der Waals surface area contributed by atoms with Gasteiger partial charge in [0.2, 0.25) is 10.0 Å². The van der Waals surface area contributed by atoms with Gasteiger partial charge in [0.1, 0.15) is 0 Å². The number of nitrogens with zero attached hydrogens (tertiary/aromatic N) is 1. The number of hydrogen-bond donors (Lipinski definition) is 1. The standard InChI is InChI=1S/C15H21BrN2O3S/c1-10-3-5-11(6-4-10)18(2)15(19)13-9-12(22(17,20)21)7-8-14(13)16/h7-11H,3-6H2,1-2H3,(H2,17,20,21). The van der Waals surface area contributed by atoms with Crippen LogP contribution in [0.4, 0.5) is 0 Å². The second-order valence-electron chi connectivity index (χ2n) is 6.02. The molecule has 2 N–H and O–H groups in total. The van der Waals surface area contributed by atoms with Gasteiger partial charge in [-0.15, -0.1) is 0 Å². The van der Waals surface area contributed by atoms with E-state index in [0.29, 0.717) is 16.0 Å². The van der Waals surface area contributed by atoms with E-state index < -0.39 is 10.0 Å². The van der Waals surface area contributed by atoms with E-state index in [0.717, 1.165) is 25.7 Å². The van der Waals surface area contributed by atoms with E-state index in [1.54, 1.807) is 18.0 Å². The van der Waals surface area contributed by atoms with Gasteiger partial charge >= 0.3 is 0 Å². The number of sulfonamides is 1. The average molecular weight is 389 g/mol. The molecule has 22 heavy (non-hydrogen) atoms. The number of benzene rings is 1. The summed E-state index contributed by atoms with van der Waals surface area (Å²) in [5.74, 6) is 0.522. The highest BCUT2D eigenvalue weighted by Crippen LogP contribution is 2.29. The monoisotopic (exact) mass is 388 g/mol. The molecule has 2 rings (SSSR count). The van der Waals surface area contributed by atoms with Crippen molar-refractivity contribution in [2.24, 2.45) is 11.1 Å². The summed E-state index contributed by atoms with van der Waals surface area (Å²) >= 11 is 3.32. The number of carbonyl (C=O) groups excluding carboxylic acids is 1. The Bertz CT molecular complexity index is 667. The van der Waals surface area contributed by atoms with Crippen molar-refractivity contribution in [3.05, 3.63) is 28.2 Å². The van der Waals surface area contributed by atoms with Crippen LogP contribution in [0.2, 0.25) is 0 Å². The molecule has 1 aromatic rings. The number of primary sulfonamides is 1. The molecule has 0 bridgehead atoms. The summed E-state index contributed by atoms with van der Waals surface area (Å²) in [6, 6.07) is 4.47. The normalized spacial score (nSPS) is 22.4. The molecule has 0 unspecified atom stereocenters. The fourth-order valence-electron chi connectivity index (χ4n) is 2.83. The van der Waals surface area contributed by atoms with E-state index in [1.165, 1.54) is 12.1 Å². The van der Waals surface area contributed by atoms with Gasteiger partial charge in [-0.25, -0.2) is 13.6 Å². The van der Waals surface area contributed by atoms with Crippen LogP contribution in [0, 0.1) is 5.92 Å². The van der Waals surface area contributed by atoms with Crippen molar-refractivity contribution >= 4 is 31.9 Å². The van der Waals surface area contributed by atoms with E-state index in [4.69, 9.17) is 5.14 Å². The summed E-state index contributed by atoms with van der Waals surface area (Å²) in [5.41, 5.74) is 0.327. The Kier molecular flexibility index (Phi) is 5.29. The summed E-state index contributed by atoms with van der Waals surface area (Å²) < 4.78 is 23.5. The quantitative estimate of drug-likeness (QED) is 0.863. The third kappa shape index (κ3) is 3.88. The third-order valence-corrected chi connectivity index (χ3v) is 5.95. The summed E-state index contributed by atoms with van der Waals surface area (Å²) in [6.07, 6.45) is 4.19. The van der Waals surface area contributed by atoms with E-state index in [1.807, 2.05) is 0 Å². The number of carbonyl (C=O) groups is 1. The first-order valence-electron chi connectivity index (χ1n) is 7.29. The molecule has 0 atom stereocenters. The Labute approximate surface area is 140 Å². The molecule has 1 aromatic carbocycles. The lowest BCUT2D eigenvalue weighted by Crippen LogP contribution is -2.39. The minimum atomic E-state index is -3.83. The predicted molar refractivity (Wildman–Crippen MR) is 89.0 cm³/mol. The molecular formula is C15H21BrN2O3S. The topological polar surface area (TPSA) is 80.5 Å². The highest BCUT2D eigenvalue weighted by Gasteiger charge is 2.27. The van der Waals surface area contributed by atoms with Gasteiger partial charge in [-0.3, -0.25) is 4.79 Å². The van der Waals surface area contributed by atoms with E-state index in [2.05, 4.69) is 22.9 Å². The molecule has 1 aliphatic rings. The van der Waals surface area contributed by atoms with Gasteiger partial charge in [0.05, 0.1) is 10.5 Å². The van der Waals surface area contributed by atoms with Gasteiger partial charge in [-0.1, -0.05) is 6.92 Å². The molecule has 1 aliphatic carbocycles. The van der Waals surface area contributed by atoms with Crippen molar-refractivity contribution in [3.8, 4) is 0 Å². The lowest BCUT2D eigenvalue weighted by Gasteiger charge is -2.33. The smallest absolute Gasteiger partial charge is 0.255 e. The molecule has 1 saturated carbocycles. The molecule has 1 fully saturated rings. The van der Waals surface area contributed by atoms with Crippen LogP contribution >= 0.6 is 15.9 Å². The van der Waals surface area contributed by atoms with Crippen LogP contribution in [0.15, 0.2) is 27.6 Å². The molecule has 0 heterocycles. The fourth-order valence-corrected chi connectivity index (χ4v) is 3.79. The first-order chi connectivity index (χ1) is 10.2. The van der Waals surface area contributed by atoms with Crippen LogP contribution in [0.1, 0.15) is 43.0 Å². The minimum Gasteiger partial charge on any atom is -0.339 e. The van der Waals surface area contributed by atoms with Gasteiger partial charge in [0.25, 0.3) is 5.91 Å². The largest absolute Gasteiger partial charge is 0.339 e. The zero-order chi connectivity index (χ0) is 16.5. The molecule has 5 nitrogen and oxygen atoms in total. The maximum absolute atomic E-state index is 12.7. The molecule has 122 valence electrons. The van der Waals surface area contributed by atoms with Crippen LogP contribution in [-0.2, 0) is 10.0 Å². The van der Waals surface area contributed by atoms with Crippen molar-refractivity contribution in [3.63, 3.8) is 0 Å². The predicted octanol–water partition coefficient (Wildman–Crippen LogP) is 2.75. The molecule has 7 heteroatoms. The van der Waals surface area contributed by atoms with E-state index in [-0.39, 0.29) is 16.8 Å². The highest BCUT2D eigenvalue weighted by atomic mass is 79.9. The van der Waals surface area contributed by atoms with Crippen LogP contribution in [0.3, 0.4) is 0 Å². The lowest BCUT2D eigenvalue weighted by molar-refractivity contribution is 0.0678. The molecule has 0 spiro atoms. The summed E-state index contributed by atoms with van der Waals surface area (Å²) in [6.45, 7) is 2.23. The number of hydrogen-bond acceptors (Lipinski definition) is 3. The van der Waals surface area contributed by atoms with Crippen molar-refractivity contribution in [1.82, 2.24) is 4.90 Å². The Balaban J connectivity index is 2.25. The van der Waals surface area contributed by atoms with Crippen molar-refractivity contribution in [2.45, 2.75) is 43.5 Å². The van der Waals surface area contributed by atoms with Gasteiger partial charge in [-0.2, -0.15) is 0 Å². The van der Waals surface area contributed by atoms with Crippen LogP contribution in [0.25, 0.3) is 0 Å². The van der Waals surface area contributed by atoms with Gasteiger partial charge in [0, 0.05) is 17.6 Å². The van der Waals surface area contributed by atoms with Crippen molar-refractivity contribution in [2.75, 3.05) is 7.05 Å². The Hall–Kier alpha value is -0.920. The van der Waals surface area contributed by atoms with Gasteiger partial charge in [0.15, 0.2) is 0 Å². The molecule has 0 radical (unpaired) electrons. The molecule has 0 aromatic heterocycles. The highest BCUT2D eigenvalue weighted by molar-refractivity contribution is 9.10. The van der Waals surface area contributed by atoms with Gasteiger partial charge < -0.3 is 4.90 Å². The Morgan fingerprint density at radius 2 is 1.86 bits per heavy atom. The number of halogens is 1. The van der Waals surface area contributed by atoms with Crippen molar-refractivity contribution in [1.29, 1.82) is 0 Å². The maximum atomic E-state index is 12.7. The van der Waals surface area contributed by atoms with Crippen LogP contribution in [0.5, 0.6) is 0 Å². The van der Waals surface area contributed by atoms with Crippen molar-refractivity contribution < 1.29 is 13.2 Å². The molecular weight excluding hydrogens is 368 g/mol. The SMILES string of the molecule is CC1CCC(N(C)C(=O)c2cc(S(N)(=O)=O)ccc2Br)CC1. The molecule has 0 aliphatic heterocycles. The molecule has 1 amide bonds. The van der Waals surface area contributed by atoms with E-state index in [9.17, 15) is 13.2 Å². The second-order valence-corrected chi connectivity index (χ2v) is 8.43. The number of amides is 1. The van der Waals surface area contributed by atoms with Gasteiger partial charge in [-0.05, 0) is 65.7 Å². The fraction of sp³-hybridized carbons (Fsp3) is 0.533. The zero-order valence-electron chi connectivity index (χ0n) is 12.8. The Morgan fingerprint density at radius 1 is 1.27 bits per heavy atom. The summed E-state index contributed by atoms with van der Waals surface area (Å²) in [4.78, 5) is 14.4. The maximum Gasteiger partial charge on any atom is 0.255 e. The van der Waals surface area contributed by atoms with E-state index >= 15 is 0 Å². The summed E-state index contributed by atoms with van der Waals surface area (Å²) in [5, 5.41) is 5.14. The molecule has 0 saturated heterocycles. The van der Waals surface area contributed by atoms with Crippen LogP contribution in [-0.4, -0.2) is 32.3 Å². The Morgan fingerprint density at radius 3 is 2.41 bits per heavy atom. The first-order valence-corrected chi connectivity index (χ1v) is 9.63. The number of nitrogens with two attached hydrogens (primary N) is 1. The summed E-state index contributed by atoms with van der Waals surface area (Å²) in [7, 11) is -2.05. The zero-order valence-corrected chi connectivity index (χ0v) is 15.2. The minimum absolute atomic E-state index is 0.0512. The average Bonchev–Trinajstić information content (AvgIpc) is 2.46. The van der Waals surface area contributed by atoms with Crippen LogP contribution < -0.4 is 5.14 Å². The lowest BCUT2D eigenvalue weighted by atomic mass is 9.86. The number of rotatable bonds is 3. The first kappa shape index (κ1) is 17.4.